The first-order valence-corrected chi connectivity index (χ1v) is 8.51. The van der Waals surface area contributed by atoms with E-state index in [0.717, 1.165) is 44.1 Å². The van der Waals surface area contributed by atoms with Gasteiger partial charge in [-0.25, -0.2) is 0 Å². The highest BCUT2D eigenvalue weighted by Gasteiger charge is 2.16. The molecule has 1 aromatic carbocycles. The molecule has 0 radical (unpaired) electrons. The third-order valence-electron chi connectivity index (χ3n) is 4.55. The molecule has 1 N–H and O–H groups in total. The average Bonchev–Trinajstić information content (AvgIpc) is 2.63. The van der Waals surface area contributed by atoms with Gasteiger partial charge in [-0.2, -0.15) is 0 Å². The molecular weight excluding hydrogens is 284 g/mol. The van der Waals surface area contributed by atoms with Gasteiger partial charge in [0.2, 0.25) is 0 Å². The summed E-state index contributed by atoms with van der Waals surface area (Å²) in [7, 11) is 0. The van der Waals surface area contributed by atoms with Crippen LogP contribution in [0.2, 0.25) is 0 Å². The molecule has 0 spiro atoms. The first-order valence-electron chi connectivity index (χ1n) is 8.51. The number of aromatic nitrogens is 1. The average molecular weight is 310 g/mol. The van der Waals surface area contributed by atoms with E-state index in [1.54, 1.807) is 0 Å². The zero-order chi connectivity index (χ0) is 16.1. The number of hydrogen-bond acceptors (Lipinski definition) is 4. The topological polar surface area (TPSA) is 31.4 Å². The van der Waals surface area contributed by atoms with E-state index >= 15 is 0 Å². The summed E-state index contributed by atoms with van der Waals surface area (Å²) in [6.07, 6.45) is 1.84. The van der Waals surface area contributed by atoms with E-state index in [1.807, 2.05) is 18.3 Å². The fourth-order valence-corrected chi connectivity index (χ4v) is 3.07. The van der Waals surface area contributed by atoms with Gasteiger partial charge < -0.3 is 15.1 Å². The van der Waals surface area contributed by atoms with Crippen LogP contribution in [-0.2, 0) is 0 Å². The fraction of sp³-hybridized carbons (Fsp3) is 0.421. The van der Waals surface area contributed by atoms with Crippen molar-refractivity contribution in [3.63, 3.8) is 0 Å². The number of pyridine rings is 1. The summed E-state index contributed by atoms with van der Waals surface area (Å²) in [5.74, 6) is 0. The highest BCUT2D eigenvalue weighted by molar-refractivity contribution is 5.59. The summed E-state index contributed by atoms with van der Waals surface area (Å²) in [5, 5.41) is 3.56. The van der Waals surface area contributed by atoms with Crippen molar-refractivity contribution in [2.24, 2.45) is 0 Å². The van der Waals surface area contributed by atoms with Crippen molar-refractivity contribution >= 4 is 11.4 Å². The number of anilines is 2. The number of nitrogens with zero attached hydrogens (tertiary/aromatic N) is 3. The number of hydrogen-bond donors (Lipinski definition) is 1. The molecule has 1 atom stereocenters. The van der Waals surface area contributed by atoms with Gasteiger partial charge in [-0.15, -0.1) is 0 Å². The molecule has 0 amide bonds. The molecule has 0 bridgehead atoms. The van der Waals surface area contributed by atoms with Crippen molar-refractivity contribution in [1.29, 1.82) is 0 Å². The van der Waals surface area contributed by atoms with Crippen LogP contribution < -0.4 is 10.2 Å². The molecule has 1 fully saturated rings. The zero-order valence-corrected chi connectivity index (χ0v) is 14.1. The van der Waals surface area contributed by atoms with E-state index in [1.165, 1.54) is 5.69 Å². The van der Waals surface area contributed by atoms with Crippen LogP contribution in [-0.4, -0.2) is 42.6 Å². The first-order chi connectivity index (χ1) is 11.3. The molecular formula is C19H26N4. The van der Waals surface area contributed by atoms with Gasteiger partial charge in [-0.3, -0.25) is 4.98 Å². The quantitative estimate of drug-likeness (QED) is 0.917. The highest BCUT2D eigenvalue weighted by Crippen LogP contribution is 2.24. The number of piperazine rings is 1. The summed E-state index contributed by atoms with van der Waals surface area (Å²) in [6, 6.07) is 15.0. The van der Waals surface area contributed by atoms with Crippen molar-refractivity contribution in [2.75, 3.05) is 42.9 Å². The smallest absolute Gasteiger partial charge is 0.0657 e. The molecule has 4 nitrogen and oxygen atoms in total. The van der Waals surface area contributed by atoms with Crippen LogP contribution in [0.5, 0.6) is 0 Å². The minimum absolute atomic E-state index is 0.198. The Labute approximate surface area is 139 Å². The molecule has 4 heteroatoms. The van der Waals surface area contributed by atoms with Crippen LogP contribution in [0.1, 0.15) is 25.6 Å². The molecule has 0 saturated carbocycles. The van der Waals surface area contributed by atoms with Gasteiger partial charge in [0, 0.05) is 43.8 Å². The molecule has 1 aromatic heterocycles. The van der Waals surface area contributed by atoms with Crippen molar-refractivity contribution in [1.82, 2.24) is 9.88 Å². The van der Waals surface area contributed by atoms with E-state index in [-0.39, 0.29) is 6.04 Å². The Morgan fingerprint density at radius 1 is 1.09 bits per heavy atom. The first kappa shape index (κ1) is 15.8. The fourth-order valence-electron chi connectivity index (χ4n) is 3.07. The number of nitrogens with one attached hydrogen (secondary N) is 1. The van der Waals surface area contributed by atoms with Crippen LogP contribution in [0, 0.1) is 0 Å². The Morgan fingerprint density at radius 2 is 1.91 bits per heavy atom. The Balaban J connectivity index is 1.66. The summed E-state index contributed by atoms with van der Waals surface area (Å²) in [5.41, 5.74) is 3.52. The predicted octanol–water partition coefficient (Wildman–Crippen LogP) is 3.40. The Morgan fingerprint density at radius 3 is 2.61 bits per heavy atom. The maximum absolute atomic E-state index is 4.43. The second-order valence-electron chi connectivity index (χ2n) is 6.09. The minimum Gasteiger partial charge on any atom is -0.377 e. The second kappa shape index (κ2) is 7.47. The van der Waals surface area contributed by atoms with E-state index in [9.17, 15) is 0 Å². The minimum atomic E-state index is 0.198. The van der Waals surface area contributed by atoms with Gasteiger partial charge in [0.15, 0.2) is 0 Å². The lowest BCUT2D eigenvalue weighted by Gasteiger charge is -2.35. The third-order valence-corrected chi connectivity index (χ3v) is 4.55. The van der Waals surface area contributed by atoms with Crippen LogP contribution in [0.4, 0.5) is 11.4 Å². The number of rotatable bonds is 5. The summed E-state index contributed by atoms with van der Waals surface area (Å²) in [4.78, 5) is 9.40. The summed E-state index contributed by atoms with van der Waals surface area (Å²) in [6.45, 7) is 10.0. The molecule has 3 rings (SSSR count). The van der Waals surface area contributed by atoms with Gasteiger partial charge in [0.05, 0.1) is 11.7 Å². The molecule has 23 heavy (non-hydrogen) atoms. The van der Waals surface area contributed by atoms with Crippen LogP contribution >= 0.6 is 0 Å². The molecule has 122 valence electrons. The monoisotopic (exact) mass is 310 g/mol. The van der Waals surface area contributed by atoms with Gasteiger partial charge in [-0.05, 0) is 43.8 Å². The molecule has 1 saturated heterocycles. The van der Waals surface area contributed by atoms with Crippen LogP contribution in [0.15, 0.2) is 48.7 Å². The van der Waals surface area contributed by atoms with Crippen LogP contribution in [0.25, 0.3) is 0 Å². The van der Waals surface area contributed by atoms with Crippen molar-refractivity contribution in [3.8, 4) is 0 Å². The van der Waals surface area contributed by atoms with Gasteiger partial charge in [0.1, 0.15) is 0 Å². The SMILES string of the molecule is CCN1CCN(c2cccc(NC(C)c3ccccn3)c2)CC1. The Hall–Kier alpha value is -2.07. The maximum Gasteiger partial charge on any atom is 0.0657 e. The predicted molar refractivity (Wildman–Crippen MR) is 97.0 cm³/mol. The number of likely N-dealkylation sites (N-methyl/N-ethyl adjacent to an activating group) is 1. The largest absolute Gasteiger partial charge is 0.377 e. The zero-order valence-electron chi connectivity index (χ0n) is 14.1. The second-order valence-corrected chi connectivity index (χ2v) is 6.09. The highest BCUT2D eigenvalue weighted by atomic mass is 15.3. The van der Waals surface area contributed by atoms with Crippen molar-refractivity contribution < 1.29 is 0 Å². The third kappa shape index (κ3) is 4.02. The molecule has 2 aromatic rings. The van der Waals surface area contributed by atoms with E-state index in [4.69, 9.17) is 0 Å². The number of benzene rings is 1. The van der Waals surface area contributed by atoms with Crippen LogP contribution in [0.3, 0.4) is 0 Å². The summed E-state index contributed by atoms with van der Waals surface area (Å²) >= 11 is 0. The Kier molecular flexibility index (Phi) is 5.13. The van der Waals surface area contributed by atoms with E-state index in [0.29, 0.717) is 0 Å². The lowest BCUT2D eigenvalue weighted by atomic mass is 10.2. The molecule has 0 aliphatic carbocycles. The normalized spacial score (nSPS) is 17.0. The lowest BCUT2D eigenvalue weighted by molar-refractivity contribution is 0.271. The van der Waals surface area contributed by atoms with E-state index in [2.05, 4.69) is 64.3 Å². The van der Waals surface area contributed by atoms with Gasteiger partial charge in [0.25, 0.3) is 0 Å². The van der Waals surface area contributed by atoms with E-state index < -0.39 is 0 Å². The molecule has 1 aliphatic rings. The summed E-state index contributed by atoms with van der Waals surface area (Å²) < 4.78 is 0. The molecule has 2 heterocycles. The maximum atomic E-state index is 4.43. The van der Waals surface area contributed by atoms with Crippen molar-refractivity contribution in [3.05, 3.63) is 54.4 Å². The standard InChI is InChI=1S/C19H26N4/c1-3-22-11-13-23(14-12-22)18-8-6-7-17(15-18)21-16(2)19-9-4-5-10-20-19/h4-10,15-16,21H,3,11-14H2,1-2H3. The Bertz CT molecular complexity index is 606. The van der Waals surface area contributed by atoms with Gasteiger partial charge >= 0.3 is 0 Å². The molecule has 1 aliphatic heterocycles. The van der Waals surface area contributed by atoms with Crippen molar-refractivity contribution in [2.45, 2.75) is 19.9 Å². The molecule has 1 unspecified atom stereocenters. The van der Waals surface area contributed by atoms with Gasteiger partial charge in [-0.1, -0.05) is 19.1 Å². The lowest BCUT2D eigenvalue weighted by Crippen LogP contribution is -2.46.